The van der Waals surface area contributed by atoms with Gasteiger partial charge in [-0.1, -0.05) is 13.3 Å². The average Bonchev–Trinajstić information content (AvgIpc) is 2.06. The van der Waals surface area contributed by atoms with E-state index in [0.717, 1.165) is 13.0 Å². The Morgan fingerprint density at radius 1 is 1.46 bits per heavy atom. The van der Waals surface area contributed by atoms with E-state index in [1.54, 1.807) is 0 Å². The summed E-state index contributed by atoms with van der Waals surface area (Å²) in [5.74, 6) is 0. The lowest BCUT2D eigenvalue weighted by Gasteiger charge is -1.82. The van der Waals surface area contributed by atoms with Gasteiger partial charge < -0.3 is 0 Å². The third-order valence-electron chi connectivity index (χ3n) is 0.999. The van der Waals surface area contributed by atoms with E-state index in [0.29, 0.717) is 0 Å². The van der Waals surface area contributed by atoms with Gasteiger partial charge in [0.1, 0.15) is 0 Å². The third kappa shape index (κ3) is 24.7. The lowest BCUT2D eigenvalue weighted by atomic mass is 10.3. The van der Waals surface area contributed by atoms with Crippen molar-refractivity contribution in [3.63, 3.8) is 0 Å². The molecule has 0 saturated heterocycles. The molecule has 74 valence electrons. The zero-order valence-corrected chi connectivity index (χ0v) is 9.23. The molecular formula is C9H16N2OS. The van der Waals surface area contributed by atoms with Crippen LogP contribution in [0, 0.1) is 0 Å². The van der Waals surface area contributed by atoms with Crippen molar-refractivity contribution in [1.82, 2.24) is 0 Å². The number of carbonyl (C=O) groups excluding carboxylic acids is 1. The lowest BCUT2D eigenvalue weighted by Crippen LogP contribution is -1.83. The van der Waals surface area contributed by atoms with Crippen LogP contribution in [0.15, 0.2) is 9.98 Å². The summed E-state index contributed by atoms with van der Waals surface area (Å²) in [5, 5.41) is 2.31. The van der Waals surface area contributed by atoms with E-state index in [1.807, 2.05) is 13.8 Å². The zero-order valence-electron chi connectivity index (χ0n) is 8.41. The molecule has 0 atom stereocenters. The van der Waals surface area contributed by atoms with E-state index in [4.69, 9.17) is 0 Å². The monoisotopic (exact) mass is 200 g/mol. The molecule has 0 amide bonds. The van der Waals surface area contributed by atoms with Crippen molar-refractivity contribution in [2.75, 3.05) is 6.54 Å². The summed E-state index contributed by atoms with van der Waals surface area (Å²) >= 11 is 4.35. The van der Waals surface area contributed by atoms with Gasteiger partial charge in [0.05, 0.1) is 11.2 Å². The molecule has 0 fully saturated rings. The topological polar surface area (TPSA) is 41.8 Å². The summed E-state index contributed by atoms with van der Waals surface area (Å²) in [6.07, 6.45) is 3.75. The fourth-order valence-corrected chi connectivity index (χ4v) is 0.480. The second-order valence-corrected chi connectivity index (χ2v) is 2.82. The average molecular weight is 200 g/mol. The molecule has 3 nitrogen and oxygen atoms in total. The van der Waals surface area contributed by atoms with Gasteiger partial charge in [0.15, 0.2) is 0 Å². The molecule has 0 saturated carbocycles. The van der Waals surface area contributed by atoms with E-state index >= 15 is 0 Å². The standard InChI is InChI=1S/C5H9NS.C4H7NO/c1-2-3-4-6-5-7;1-4(2)5-3-6/h2-4H2,1H3;4H,1-2H3. The second-order valence-electron chi connectivity index (χ2n) is 2.64. The van der Waals surface area contributed by atoms with E-state index in [-0.39, 0.29) is 6.04 Å². The molecule has 0 rings (SSSR count). The van der Waals surface area contributed by atoms with Crippen LogP contribution >= 0.6 is 12.2 Å². The summed E-state index contributed by atoms with van der Waals surface area (Å²) < 4.78 is 0. The van der Waals surface area contributed by atoms with Gasteiger partial charge >= 0.3 is 0 Å². The molecule has 13 heavy (non-hydrogen) atoms. The zero-order chi connectivity index (χ0) is 10.5. The maximum absolute atomic E-state index is 9.32. The number of isocyanates is 1. The first kappa shape index (κ1) is 14.7. The Bertz CT molecular complexity index is 192. The Labute approximate surface area is 85.0 Å². The molecule has 0 aromatic heterocycles. The number of aliphatic imine (C=N–C) groups is 2. The number of isothiocyanates is 1. The SMILES string of the molecule is CC(C)N=C=O.CCCCN=C=S. The Balaban J connectivity index is 0. The number of unbranched alkanes of at least 4 members (excludes halogenated alkanes) is 1. The minimum absolute atomic E-state index is 0.0995. The highest BCUT2D eigenvalue weighted by molar-refractivity contribution is 7.78. The Hall–Kier alpha value is -0.820. The van der Waals surface area contributed by atoms with E-state index in [1.165, 1.54) is 12.5 Å². The first-order chi connectivity index (χ1) is 6.18. The highest BCUT2D eigenvalue weighted by Crippen LogP contribution is 1.83. The number of hydrogen-bond acceptors (Lipinski definition) is 4. The molecule has 0 aromatic carbocycles. The first-order valence-corrected chi connectivity index (χ1v) is 4.70. The number of hydrogen-bond donors (Lipinski definition) is 0. The third-order valence-corrected chi connectivity index (χ3v) is 1.13. The van der Waals surface area contributed by atoms with Crippen LogP contribution in [-0.2, 0) is 4.79 Å². The molecule has 0 aromatic rings. The van der Waals surface area contributed by atoms with Crippen molar-refractivity contribution < 1.29 is 4.79 Å². The van der Waals surface area contributed by atoms with Crippen LogP contribution in [0.4, 0.5) is 0 Å². The first-order valence-electron chi connectivity index (χ1n) is 4.29. The molecule has 0 heterocycles. The van der Waals surface area contributed by atoms with Crippen molar-refractivity contribution in [2.45, 2.75) is 39.7 Å². The van der Waals surface area contributed by atoms with Gasteiger partial charge in [-0.3, -0.25) is 0 Å². The van der Waals surface area contributed by atoms with Gasteiger partial charge in [-0.05, 0) is 32.5 Å². The summed E-state index contributed by atoms with van der Waals surface area (Å²) in [5.41, 5.74) is 0. The molecular weight excluding hydrogens is 184 g/mol. The predicted molar refractivity (Wildman–Crippen MR) is 58.1 cm³/mol. The van der Waals surface area contributed by atoms with Crippen LogP contribution in [0.5, 0.6) is 0 Å². The maximum atomic E-state index is 9.32. The fraction of sp³-hybridized carbons (Fsp3) is 0.778. The van der Waals surface area contributed by atoms with Crippen LogP contribution in [-0.4, -0.2) is 23.8 Å². The quantitative estimate of drug-likeness (QED) is 0.303. The largest absolute Gasteiger partial charge is 0.235 e. The number of thiocarbonyl (C=S) groups is 1. The molecule has 0 aliphatic carbocycles. The van der Waals surface area contributed by atoms with Crippen molar-refractivity contribution in [3.8, 4) is 0 Å². The Morgan fingerprint density at radius 2 is 2.08 bits per heavy atom. The molecule has 0 bridgehead atoms. The highest BCUT2D eigenvalue weighted by atomic mass is 32.1. The fourth-order valence-electron chi connectivity index (χ4n) is 0.388. The van der Waals surface area contributed by atoms with Crippen LogP contribution in [0.2, 0.25) is 0 Å². The van der Waals surface area contributed by atoms with Crippen molar-refractivity contribution in [1.29, 1.82) is 0 Å². The van der Waals surface area contributed by atoms with Gasteiger partial charge in [-0.15, -0.1) is 0 Å². The molecule has 0 aliphatic heterocycles. The van der Waals surface area contributed by atoms with Gasteiger partial charge in [-0.2, -0.15) is 0 Å². The second kappa shape index (κ2) is 13.7. The van der Waals surface area contributed by atoms with Gasteiger partial charge in [0.2, 0.25) is 6.08 Å². The van der Waals surface area contributed by atoms with Crippen molar-refractivity contribution >= 4 is 23.5 Å². The normalized spacial score (nSPS) is 7.69. The molecule has 0 aliphatic rings. The van der Waals surface area contributed by atoms with E-state index in [2.05, 4.69) is 34.3 Å². The van der Waals surface area contributed by atoms with Gasteiger partial charge in [0, 0.05) is 6.54 Å². The van der Waals surface area contributed by atoms with Gasteiger partial charge in [-0.25, -0.2) is 14.8 Å². The molecule has 0 spiro atoms. The van der Waals surface area contributed by atoms with E-state index < -0.39 is 0 Å². The molecule has 0 unspecified atom stereocenters. The van der Waals surface area contributed by atoms with Crippen LogP contribution in [0.1, 0.15) is 33.6 Å². The highest BCUT2D eigenvalue weighted by Gasteiger charge is 1.78. The van der Waals surface area contributed by atoms with Crippen molar-refractivity contribution in [2.24, 2.45) is 9.98 Å². The molecule has 0 radical (unpaired) electrons. The number of rotatable bonds is 4. The molecule has 0 N–H and O–H groups in total. The smallest absolute Gasteiger partial charge is 0.233 e. The van der Waals surface area contributed by atoms with Crippen molar-refractivity contribution in [3.05, 3.63) is 0 Å². The minimum atomic E-state index is 0.0995. The van der Waals surface area contributed by atoms with Crippen LogP contribution in [0.25, 0.3) is 0 Å². The minimum Gasteiger partial charge on any atom is -0.233 e. The lowest BCUT2D eigenvalue weighted by molar-refractivity contribution is 0.560. The number of nitrogens with zero attached hydrogens (tertiary/aromatic N) is 2. The summed E-state index contributed by atoms with van der Waals surface area (Å²) in [4.78, 5) is 16.4. The Kier molecular flexibility index (Phi) is 15.5. The van der Waals surface area contributed by atoms with Gasteiger partial charge in [0.25, 0.3) is 0 Å². The molecule has 4 heteroatoms. The summed E-state index contributed by atoms with van der Waals surface area (Å²) in [6, 6.07) is 0.0995. The van der Waals surface area contributed by atoms with Crippen LogP contribution < -0.4 is 0 Å². The summed E-state index contributed by atoms with van der Waals surface area (Å²) in [6.45, 7) is 6.62. The van der Waals surface area contributed by atoms with E-state index in [9.17, 15) is 4.79 Å². The summed E-state index contributed by atoms with van der Waals surface area (Å²) in [7, 11) is 0. The maximum Gasteiger partial charge on any atom is 0.235 e. The van der Waals surface area contributed by atoms with Crippen LogP contribution in [0.3, 0.4) is 0 Å². The Morgan fingerprint density at radius 3 is 2.31 bits per heavy atom. The predicted octanol–water partition coefficient (Wildman–Crippen LogP) is 2.62.